The van der Waals surface area contributed by atoms with Crippen LogP contribution in [0.4, 0.5) is 0 Å². The summed E-state index contributed by atoms with van der Waals surface area (Å²) >= 11 is 0. The maximum atomic E-state index is 10.4. The molecule has 2 aromatic rings. The van der Waals surface area contributed by atoms with Gasteiger partial charge in [0, 0.05) is 13.0 Å². The molecule has 3 heteroatoms. The van der Waals surface area contributed by atoms with Gasteiger partial charge in [0.2, 0.25) is 0 Å². The van der Waals surface area contributed by atoms with Crippen molar-refractivity contribution < 1.29 is 9.22 Å². The maximum Gasteiger partial charge on any atom is 0.261 e. The maximum absolute atomic E-state index is 10.4. The lowest BCUT2D eigenvalue weighted by Crippen LogP contribution is -2.66. The number of hydrogen-bond donors (Lipinski definition) is 0. The molecular formula is C24H34O2Si. The van der Waals surface area contributed by atoms with Gasteiger partial charge in [0.05, 0.1) is 0 Å². The van der Waals surface area contributed by atoms with E-state index in [0.717, 1.165) is 38.6 Å². The fourth-order valence-electron chi connectivity index (χ4n) is 3.85. The monoisotopic (exact) mass is 382 g/mol. The molecular weight excluding hydrogens is 348 g/mol. The second-order valence-electron chi connectivity index (χ2n) is 8.23. The highest BCUT2D eigenvalue weighted by molar-refractivity contribution is 6.99. The lowest BCUT2D eigenvalue weighted by molar-refractivity contribution is -0.107. The SMILES string of the molecule is CC(C)(C)[Si](OCCCCCCCC=O)(c1ccccc1)c1ccccc1. The first-order chi connectivity index (χ1) is 13.0. The number of unbranched alkanes of at least 4 members (excludes halogenated alkanes) is 5. The molecule has 2 aromatic carbocycles. The third-order valence-electron chi connectivity index (χ3n) is 5.20. The normalized spacial score (nSPS) is 12.1. The molecule has 146 valence electrons. The van der Waals surface area contributed by atoms with Crippen molar-refractivity contribution in [1.82, 2.24) is 0 Å². The van der Waals surface area contributed by atoms with Crippen molar-refractivity contribution in [3.8, 4) is 0 Å². The van der Waals surface area contributed by atoms with Crippen molar-refractivity contribution >= 4 is 25.0 Å². The topological polar surface area (TPSA) is 26.3 Å². The summed E-state index contributed by atoms with van der Waals surface area (Å²) in [6, 6.07) is 21.6. The predicted octanol–water partition coefficient (Wildman–Crippen LogP) is 5.10. The first kappa shape index (κ1) is 21.6. The van der Waals surface area contributed by atoms with Gasteiger partial charge in [-0.15, -0.1) is 0 Å². The van der Waals surface area contributed by atoms with Crippen LogP contribution in [-0.4, -0.2) is 21.2 Å². The van der Waals surface area contributed by atoms with Crippen LogP contribution in [0.15, 0.2) is 60.7 Å². The zero-order valence-electron chi connectivity index (χ0n) is 17.1. The predicted molar refractivity (Wildman–Crippen MR) is 117 cm³/mol. The minimum absolute atomic E-state index is 0.0413. The van der Waals surface area contributed by atoms with Gasteiger partial charge >= 0.3 is 0 Å². The summed E-state index contributed by atoms with van der Waals surface area (Å²) in [6.45, 7) is 7.75. The van der Waals surface area contributed by atoms with Crippen LogP contribution in [0.25, 0.3) is 0 Å². The van der Waals surface area contributed by atoms with Gasteiger partial charge in [-0.25, -0.2) is 0 Å². The van der Waals surface area contributed by atoms with Gasteiger partial charge in [-0.05, 0) is 28.3 Å². The Hall–Kier alpha value is -1.71. The molecule has 0 bridgehead atoms. The van der Waals surface area contributed by atoms with Crippen molar-refractivity contribution in [2.24, 2.45) is 0 Å². The average Bonchev–Trinajstić information content (AvgIpc) is 2.67. The van der Waals surface area contributed by atoms with Crippen LogP contribution in [0.3, 0.4) is 0 Å². The summed E-state index contributed by atoms with van der Waals surface area (Å²) in [5, 5.41) is 2.73. The van der Waals surface area contributed by atoms with E-state index in [4.69, 9.17) is 4.43 Å². The first-order valence-corrected chi connectivity index (χ1v) is 12.1. The van der Waals surface area contributed by atoms with Gasteiger partial charge < -0.3 is 9.22 Å². The molecule has 0 fully saturated rings. The molecule has 0 heterocycles. The Morgan fingerprint density at radius 1 is 0.778 bits per heavy atom. The molecule has 0 saturated carbocycles. The lowest BCUT2D eigenvalue weighted by atomic mass is 10.1. The summed E-state index contributed by atoms with van der Waals surface area (Å²) in [4.78, 5) is 10.4. The molecule has 0 saturated heterocycles. The Kier molecular flexibility index (Phi) is 8.46. The molecule has 2 rings (SSSR count). The Morgan fingerprint density at radius 2 is 1.26 bits per heavy atom. The molecule has 0 N–H and O–H groups in total. The van der Waals surface area contributed by atoms with Crippen LogP contribution in [0.5, 0.6) is 0 Å². The molecule has 0 radical (unpaired) electrons. The second kappa shape index (κ2) is 10.6. The lowest BCUT2D eigenvalue weighted by Gasteiger charge is -2.43. The molecule has 0 aliphatic heterocycles. The van der Waals surface area contributed by atoms with Gasteiger partial charge in [0.25, 0.3) is 8.32 Å². The van der Waals surface area contributed by atoms with Crippen LogP contribution in [-0.2, 0) is 9.22 Å². The van der Waals surface area contributed by atoms with Crippen LogP contribution < -0.4 is 10.4 Å². The summed E-state index contributed by atoms with van der Waals surface area (Å²) in [6.07, 6.45) is 7.28. The Morgan fingerprint density at radius 3 is 1.74 bits per heavy atom. The molecule has 0 aliphatic carbocycles. The molecule has 0 amide bonds. The molecule has 0 spiro atoms. The number of hydrogen-bond acceptors (Lipinski definition) is 2. The molecule has 0 aromatic heterocycles. The quantitative estimate of drug-likeness (QED) is 0.307. The number of rotatable bonds is 11. The van der Waals surface area contributed by atoms with Crippen LogP contribution >= 0.6 is 0 Å². The van der Waals surface area contributed by atoms with Crippen LogP contribution in [0.2, 0.25) is 5.04 Å². The highest BCUT2D eigenvalue weighted by Crippen LogP contribution is 2.36. The van der Waals surface area contributed by atoms with Crippen molar-refractivity contribution in [2.75, 3.05) is 6.61 Å². The highest BCUT2D eigenvalue weighted by atomic mass is 28.4. The number of carbonyl (C=O) groups is 1. The van der Waals surface area contributed by atoms with E-state index in [2.05, 4.69) is 81.4 Å². The van der Waals surface area contributed by atoms with E-state index in [9.17, 15) is 4.79 Å². The van der Waals surface area contributed by atoms with E-state index in [1.807, 2.05) is 0 Å². The smallest absolute Gasteiger partial charge is 0.261 e. The second-order valence-corrected chi connectivity index (χ2v) is 12.5. The minimum atomic E-state index is -2.38. The minimum Gasteiger partial charge on any atom is -0.407 e. The number of carbonyl (C=O) groups excluding carboxylic acids is 1. The molecule has 0 unspecified atom stereocenters. The molecule has 2 nitrogen and oxygen atoms in total. The van der Waals surface area contributed by atoms with E-state index in [0.29, 0.717) is 6.42 Å². The van der Waals surface area contributed by atoms with E-state index in [1.54, 1.807) is 0 Å². The standard InChI is InChI=1S/C24H34O2Si/c1-24(2,3)27(22-16-10-8-11-17-22,23-18-12-9-13-19-23)26-21-15-7-5-4-6-14-20-25/h8-13,16-20H,4-7,14-15,21H2,1-3H3. The van der Waals surface area contributed by atoms with Gasteiger partial charge in [0.15, 0.2) is 0 Å². The third-order valence-corrected chi connectivity index (χ3v) is 10.2. The van der Waals surface area contributed by atoms with Crippen molar-refractivity contribution in [1.29, 1.82) is 0 Å². The summed E-state index contributed by atoms with van der Waals surface area (Å²) in [7, 11) is -2.38. The van der Waals surface area contributed by atoms with Gasteiger partial charge in [-0.3, -0.25) is 0 Å². The van der Waals surface area contributed by atoms with Gasteiger partial charge in [-0.2, -0.15) is 0 Å². The summed E-state index contributed by atoms with van der Waals surface area (Å²) in [5.74, 6) is 0. The van der Waals surface area contributed by atoms with Crippen LogP contribution in [0, 0.1) is 0 Å². The third kappa shape index (κ3) is 5.63. The number of aldehydes is 1. The zero-order chi connectivity index (χ0) is 19.6. The summed E-state index contributed by atoms with van der Waals surface area (Å²) < 4.78 is 6.88. The Balaban J connectivity index is 2.16. The largest absolute Gasteiger partial charge is 0.407 e. The van der Waals surface area contributed by atoms with Crippen molar-refractivity contribution in [2.45, 2.75) is 64.3 Å². The Bertz CT molecular complexity index is 622. The highest BCUT2D eigenvalue weighted by Gasteiger charge is 2.49. The number of benzene rings is 2. The first-order valence-electron chi connectivity index (χ1n) is 10.2. The molecule has 0 aliphatic rings. The fourth-order valence-corrected chi connectivity index (χ4v) is 8.45. The van der Waals surface area contributed by atoms with Crippen LogP contribution in [0.1, 0.15) is 59.3 Å². The van der Waals surface area contributed by atoms with Gasteiger partial charge in [-0.1, -0.05) is 101 Å². The van der Waals surface area contributed by atoms with E-state index in [-0.39, 0.29) is 5.04 Å². The average molecular weight is 383 g/mol. The van der Waals surface area contributed by atoms with E-state index < -0.39 is 8.32 Å². The van der Waals surface area contributed by atoms with Crippen molar-refractivity contribution in [3.05, 3.63) is 60.7 Å². The van der Waals surface area contributed by atoms with E-state index in [1.165, 1.54) is 16.8 Å². The molecule has 27 heavy (non-hydrogen) atoms. The zero-order valence-corrected chi connectivity index (χ0v) is 18.1. The van der Waals surface area contributed by atoms with E-state index >= 15 is 0 Å². The van der Waals surface area contributed by atoms with Crippen molar-refractivity contribution in [3.63, 3.8) is 0 Å². The van der Waals surface area contributed by atoms with Gasteiger partial charge in [0.1, 0.15) is 6.29 Å². The fraction of sp³-hybridized carbons (Fsp3) is 0.458. The Labute approximate surface area is 166 Å². The summed E-state index contributed by atoms with van der Waals surface area (Å²) in [5.41, 5.74) is 0. The molecule has 0 atom stereocenters.